The first-order chi connectivity index (χ1) is 16.3. The van der Waals surface area contributed by atoms with Gasteiger partial charge < -0.3 is 14.2 Å². The summed E-state index contributed by atoms with van der Waals surface area (Å²) in [7, 11) is -3.93. The van der Waals surface area contributed by atoms with Gasteiger partial charge in [0.15, 0.2) is 5.82 Å². The van der Waals surface area contributed by atoms with Gasteiger partial charge in [0.2, 0.25) is 16.0 Å². The molecule has 188 valence electrons. The topological polar surface area (TPSA) is 130 Å². The average molecular weight is 495 g/mol. The molecule has 0 spiro atoms. The molecule has 3 atom stereocenters. The van der Waals surface area contributed by atoms with Crippen molar-refractivity contribution < 1.29 is 22.6 Å². The molecule has 0 amide bonds. The van der Waals surface area contributed by atoms with Crippen molar-refractivity contribution in [2.45, 2.75) is 83.0 Å². The van der Waals surface area contributed by atoms with E-state index in [0.29, 0.717) is 31.3 Å². The van der Waals surface area contributed by atoms with Crippen molar-refractivity contribution in [2.24, 2.45) is 0 Å². The molecule has 0 bridgehead atoms. The van der Waals surface area contributed by atoms with Gasteiger partial charge in [-0.1, -0.05) is 0 Å². The Hall–Kier alpha value is -2.15. The van der Waals surface area contributed by atoms with Gasteiger partial charge in [0.05, 0.1) is 23.7 Å². The zero-order valence-electron chi connectivity index (χ0n) is 20.2. The van der Waals surface area contributed by atoms with Crippen LogP contribution in [0.4, 0.5) is 5.95 Å². The molecular formula is C22H34N6O5S. The van der Waals surface area contributed by atoms with Crippen molar-refractivity contribution in [3.05, 3.63) is 29.6 Å². The van der Waals surface area contributed by atoms with E-state index in [0.717, 1.165) is 31.4 Å². The Kier molecular flexibility index (Phi) is 7.80. The van der Waals surface area contributed by atoms with E-state index in [1.54, 1.807) is 19.3 Å². The second kappa shape index (κ2) is 10.6. The highest BCUT2D eigenvalue weighted by molar-refractivity contribution is 7.93. The van der Waals surface area contributed by atoms with Crippen molar-refractivity contribution in [1.82, 2.24) is 24.7 Å². The lowest BCUT2D eigenvalue weighted by atomic mass is 10.1. The van der Waals surface area contributed by atoms with Crippen LogP contribution in [0.3, 0.4) is 0 Å². The van der Waals surface area contributed by atoms with Gasteiger partial charge in [0.1, 0.15) is 17.5 Å². The summed E-state index contributed by atoms with van der Waals surface area (Å²) in [6.45, 7) is 9.02. The minimum Gasteiger partial charge on any atom is -0.381 e. The first-order valence-corrected chi connectivity index (χ1v) is 13.4. The summed E-state index contributed by atoms with van der Waals surface area (Å²) in [4.78, 5) is 8.65. The Labute approximate surface area is 200 Å². The monoisotopic (exact) mass is 494 g/mol. The average Bonchev–Trinajstić information content (AvgIpc) is 3.48. The van der Waals surface area contributed by atoms with Gasteiger partial charge in [0, 0.05) is 32.1 Å². The molecule has 0 aliphatic carbocycles. The number of nitrogens with zero attached hydrogens (tertiary/aromatic N) is 5. The summed E-state index contributed by atoms with van der Waals surface area (Å²) in [6, 6.07) is 0.0293. The summed E-state index contributed by atoms with van der Waals surface area (Å²) in [5, 5.41) is 7.63. The summed E-state index contributed by atoms with van der Waals surface area (Å²) in [5.41, 5.74) is 1.20. The van der Waals surface area contributed by atoms with E-state index >= 15 is 0 Å². The number of nitrogens with one attached hydrogen (secondary N) is 1. The minimum absolute atomic E-state index is 0.0293. The number of anilines is 1. The van der Waals surface area contributed by atoms with E-state index < -0.39 is 21.4 Å². The highest BCUT2D eigenvalue weighted by atomic mass is 32.2. The third-order valence-corrected chi connectivity index (χ3v) is 7.85. The normalized spacial score (nSPS) is 21.6. The number of aryl methyl sites for hydroxylation is 1. The molecule has 4 heterocycles. The van der Waals surface area contributed by atoms with Gasteiger partial charge >= 0.3 is 0 Å². The Morgan fingerprint density at radius 2 is 1.85 bits per heavy atom. The third-order valence-electron chi connectivity index (χ3n) is 6.16. The second-order valence-electron chi connectivity index (χ2n) is 9.14. The van der Waals surface area contributed by atoms with Crippen LogP contribution in [0.2, 0.25) is 0 Å². The first kappa shape index (κ1) is 25.0. The van der Waals surface area contributed by atoms with Crippen LogP contribution in [-0.2, 0) is 24.2 Å². The quantitative estimate of drug-likeness (QED) is 0.559. The maximum atomic E-state index is 13.6. The summed E-state index contributed by atoms with van der Waals surface area (Å²) in [6.07, 6.45) is 5.25. The van der Waals surface area contributed by atoms with Gasteiger partial charge in [-0.25, -0.2) is 8.42 Å². The molecule has 2 saturated heterocycles. The molecule has 2 aliphatic rings. The highest BCUT2D eigenvalue weighted by Gasteiger charge is 2.36. The number of aromatic nitrogens is 5. The van der Waals surface area contributed by atoms with Gasteiger partial charge in [-0.15, -0.1) is 10.2 Å². The molecule has 11 nitrogen and oxygen atoms in total. The molecule has 4 rings (SSSR count). The van der Waals surface area contributed by atoms with Crippen LogP contribution in [0.25, 0.3) is 0 Å². The predicted molar refractivity (Wildman–Crippen MR) is 125 cm³/mol. The summed E-state index contributed by atoms with van der Waals surface area (Å²) < 4.78 is 49.1. The van der Waals surface area contributed by atoms with E-state index in [-0.39, 0.29) is 24.2 Å². The van der Waals surface area contributed by atoms with Crippen LogP contribution in [0.1, 0.15) is 81.9 Å². The molecule has 12 heteroatoms. The second-order valence-corrected chi connectivity index (χ2v) is 11.2. The van der Waals surface area contributed by atoms with E-state index in [9.17, 15) is 8.42 Å². The number of rotatable bonds is 9. The SMILES string of the molecule is Cc1cnc([C@H](OC(C)C)[C@H](C)S(=O)(=O)Nc2nnc([C@H]3CCCO3)n2C2CCOCC2)cn1. The van der Waals surface area contributed by atoms with Crippen molar-refractivity contribution in [2.75, 3.05) is 24.5 Å². The third kappa shape index (κ3) is 5.56. The predicted octanol–water partition coefficient (Wildman–Crippen LogP) is 2.88. The van der Waals surface area contributed by atoms with Crippen LogP contribution in [0, 0.1) is 6.92 Å². The molecule has 0 saturated carbocycles. The smallest absolute Gasteiger partial charge is 0.240 e. The molecule has 0 aromatic carbocycles. The number of ether oxygens (including phenoxy) is 3. The summed E-state index contributed by atoms with van der Waals surface area (Å²) >= 11 is 0. The minimum atomic E-state index is -3.93. The number of hydrogen-bond acceptors (Lipinski definition) is 9. The zero-order chi connectivity index (χ0) is 24.3. The highest BCUT2D eigenvalue weighted by Crippen LogP contribution is 2.35. The van der Waals surface area contributed by atoms with Crippen molar-refractivity contribution in [3.63, 3.8) is 0 Å². The molecule has 0 unspecified atom stereocenters. The van der Waals surface area contributed by atoms with Crippen molar-refractivity contribution in [3.8, 4) is 0 Å². The van der Waals surface area contributed by atoms with Gasteiger partial charge in [-0.2, -0.15) is 0 Å². The van der Waals surface area contributed by atoms with Crippen LogP contribution < -0.4 is 4.72 Å². The maximum absolute atomic E-state index is 13.6. The number of hydrogen-bond donors (Lipinski definition) is 1. The lowest BCUT2D eigenvalue weighted by Gasteiger charge is -2.28. The molecule has 2 aromatic rings. The fraction of sp³-hybridized carbons (Fsp3) is 0.727. The molecule has 1 N–H and O–H groups in total. The molecule has 0 radical (unpaired) electrons. The fourth-order valence-corrected chi connectivity index (χ4v) is 5.43. The van der Waals surface area contributed by atoms with Gasteiger partial charge in [-0.3, -0.25) is 19.3 Å². The van der Waals surface area contributed by atoms with Crippen LogP contribution in [0.15, 0.2) is 12.4 Å². The fourth-order valence-electron chi connectivity index (χ4n) is 4.32. The van der Waals surface area contributed by atoms with Crippen LogP contribution in [0.5, 0.6) is 0 Å². The maximum Gasteiger partial charge on any atom is 0.240 e. The summed E-state index contributed by atoms with van der Waals surface area (Å²) in [5.74, 6) is 0.858. The molecule has 2 aromatic heterocycles. The Bertz CT molecular complexity index is 1050. The van der Waals surface area contributed by atoms with E-state index in [1.807, 2.05) is 25.3 Å². The van der Waals surface area contributed by atoms with E-state index in [1.165, 1.54) is 0 Å². The Morgan fingerprint density at radius 1 is 1.09 bits per heavy atom. The van der Waals surface area contributed by atoms with Crippen molar-refractivity contribution >= 4 is 16.0 Å². The Balaban J connectivity index is 1.64. The molecule has 2 aliphatic heterocycles. The van der Waals surface area contributed by atoms with Crippen molar-refractivity contribution in [1.29, 1.82) is 0 Å². The molecular weight excluding hydrogens is 460 g/mol. The molecule has 34 heavy (non-hydrogen) atoms. The largest absolute Gasteiger partial charge is 0.381 e. The lowest BCUT2D eigenvalue weighted by molar-refractivity contribution is 0.00394. The first-order valence-electron chi connectivity index (χ1n) is 11.9. The molecule has 2 fully saturated rings. The standard InChI is InChI=1S/C22H34N6O5S/c1-14(2)33-20(18-13-23-15(3)12-24-18)16(4)34(29,30)27-22-26-25-21(19-6-5-9-32-19)28(22)17-7-10-31-11-8-17/h12-14,16-17,19-20H,5-11H2,1-4H3,(H,26,27)/t16-,19+,20+/m0/s1. The lowest BCUT2D eigenvalue weighted by Crippen LogP contribution is -2.35. The Morgan fingerprint density at radius 3 is 2.47 bits per heavy atom. The van der Waals surface area contributed by atoms with Crippen LogP contribution >= 0.6 is 0 Å². The van der Waals surface area contributed by atoms with Gasteiger partial charge in [-0.05, 0) is 53.4 Å². The zero-order valence-corrected chi connectivity index (χ0v) is 21.0. The van der Waals surface area contributed by atoms with Gasteiger partial charge in [0.25, 0.3) is 0 Å². The number of sulfonamides is 1. The van der Waals surface area contributed by atoms with E-state index in [4.69, 9.17) is 14.2 Å². The van der Waals surface area contributed by atoms with Crippen LogP contribution in [-0.4, -0.2) is 64.3 Å². The van der Waals surface area contributed by atoms with E-state index in [2.05, 4.69) is 24.9 Å².